The van der Waals surface area contributed by atoms with Gasteiger partial charge in [0, 0.05) is 0 Å². The van der Waals surface area contributed by atoms with Crippen LogP contribution in [0.5, 0.6) is 0 Å². The first kappa shape index (κ1) is 7.94. The summed E-state index contributed by atoms with van der Waals surface area (Å²) in [4.78, 5) is 0. The summed E-state index contributed by atoms with van der Waals surface area (Å²) in [7, 11) is 0. The molecule has 4 heteroatoms. The lowest BCUT2D eigenvalue weighted by Gasteiger charge is -2.16. The lowest BCUT2D eigenvalue weighted by atomic mass is 10.1. The Hall–Kier alpha value is -0.160. The van der Waals surface area contributed by atoms with E-state index < -0.39 is 24.4 Å². The summed E-state index contributed by atoms with van der Waals surface area (Å²) < 4.78 is 4.89. The molecule has 0 aromatic carbocycles. The van der Waals surface area contributed by atoms with Crippen LogP contribution in [0.25, 0.3) is 0 Å². The standard InChI is InChI=1S/C6H12O4/c1-3(7)6-5(9)4(8)2-10-6/h3-9H,2H2,1H3/t3?,4-,5-,6+/m0/s1. The van der Waals surface area contributed by atoms with Gasteiger partial charge in [-0.15, -0.1) is 0 Å². The van der Waals surface area contributed by atoms with Crippen molar-refractivity contribution in [1.82, 2.24) is 0 Å². The summed E-state index contributed by atoms with van der Waals surface area (Å²) in [5.41, 5.74) is 0. The highest BCUT2D eigenvalue weighted by molar-refractivity contribution is 4.85. The fourth-order valence-electron chi connectivity index (χ4n) is 1.05. The van der Waals surface area contributed by atoms with Crippen molar-refractivity contribution in [2.24, 2.45) is 0 Å². The van der Waals surface area contributed by atoms with Gasteiger partial charge < -0.3 is 20.1 Å². The Morgan fingerprint density at radius 2 is 2.10 bits per heavy atom. The first-order valence-electron chi connectivity index (χ1n) is 3.28. The summed E-state index contributed by atoms with van der Waals surface area (Å²) in [5.74, 6) is 0. The molecule has 0 radical (unpaired) electrons. The lowest BCUT2D eigenvalue weighted by molar-refractivity contribution is -0.0429. The highest BCUT2D eigenvalue weighted by atomic mass is 16.5. The monoisotopic (exact) mass is 148 g/mol. The maximum absolute atomic E-state index is 9.09. The molecule has 0 aromatic rings. The van der Waals surface area contributed by atoms with Crippen molar-refractivity contribution in [3.63, 3.8) is 0 Å². The maximum atomic E-state index is 9.09. The van der Waals surface area contributed by atoms with Crippen LogP contribution in [-0.4, -0.2) is 46.3 Å². The summed E-state index contributed by atoms with van der Waals surface area (Å²) in [5, 5.41) is 27.0. The minimum atomic E-state index is -0.944. The molecule has 1 unspecified atom stereocenters. The third kappa shape index (κ3) is 1.29. The molecule has 0 spiro atoms. The van der Waals surface area contributed by atoms with Crippen LogP contribution in [0.4, 0.5) is 0 Å². The number of hydrogen-bond donors (Lipinski definition) is 3. The van der Waals surface area contributed by atoms with Gasteiger partial charge in [-0.3, -0.25) is 0 Å². The molecule has 0 saturated carbocycles. The SMILES string of the molecule is CC(O)[C@H]1OC[C@H](O)[C@@H]1O. The van der Waals surface area contributed by atoms with Gasteiger partial charge in [0.2, 0.25) is 0 Å². The second-order valence-corrected chi connectivity index (χ2v) is 2.60. The average molecular weight is 148 g/mol. The van der Waals surface area contributed by atoms with Crippen molar-refractivity contribution in [2.45, 2.75) is 31.3 Å². The van der Waals surface area contributed by atoms with E-state index in [4.69, 9.17) is 20.1 Å². The highest BCUT2D eigenvalue weighted by Crippen LogP contribution is 2.16. The normalized spacial score (nSPS) is 43.8. The van der Waals surface area contributed by atoms with Gasteiger partial charge in [0.05, 0.1) is 12.7 Å². The van der Waals surface area contributed by atoms with Crippen LogP contribution in [0.3, 0.4) is 0 Å². The molecule has 1 rings (SSSR count). The van der Waals surface area contributed by atoms with Gasteiger partial charge in [0.15, 0.2) is 0 Å². The van der Waals surface area contributed by atoms with E-state index in [2.05, 4.69) is 0 Å². The first-order chi connectivity index (χ1) is 4.63. The Morgan fingerprint density at radius 1 is 1.50 bits per heavy atom. The molecule has 10 heavy (non-hydrogen) atoms. The third-order valence-electron chi connectivity index (χ3n) is 1.67. The van der Waals surface area contributed by atoms with Crippen LogP contribution in [0.15, 0.2) is 0 Å². The summed E-state index contributed by atoms with van der Waals surface area (Å²) in [6.45, 7) is 1.63. The quantitative estimate of drug-likeness (QED) is 0.422. The fourth-order valence-corrected chi connectivity index (χ4v) is 1.05. The third-order valence-corrected chi connectivity index (χ3v) is 1.67. The molecule has 0 amide bonds. The minimum absolute atomic E-state index is 0.108. The summed E-state index contributed by atoms with van der Waals surface area (Å²) in [6.07, 6.45) is -3.15. The molecular weight excluding hydrogens is 136 g/mol. The second-order valence-electron chi connectivity index (χ2n) is 2.60. The number of ether oxygens (including phenoxy) is 1. The first-order valence-corrected chi connectivity index (χ1v) is 3.28. The Balaban J connectivity index is 2.49. The molecule has 1 fully saturated rings. The van der Waals surface area contributed by atoms with E-state index >= 15 is 0 Å². The molecule has 0 aromatic heterocycles. The lowest BCUT2D eigenvalue weighted by Crippen LogP contribution is -2.36. The molecule has 4 nitrogen and oxygen atoms in total. The van der Waals surface area contributed by atoms with Crippen LogP contribution in [0.2, 0.25) is 0 Å². The van der Waals surface area contributed by atoms with Crippen molar-refractivity contribution in [3.05, 3.63) is 0 Å². The van der Waals surface area contributed by atoms with Gasteiger partial charge >= 0.3 is 0 Å². The van der Waals surface area contributed by atoms with Crippen molar-refractivity contribution < 1.29 is 20.1 Å². The molecule has 0 bridgehead atoms. The van der Waals surface area contributed by atoms with Gasteiger partial charge in [-0.05, 0) is 6.92 Å². The second kappa shape index (κ2) is 2.84. The molecule has 1 aliphatic rings. The Kier molecular flexibility index (Phi) is 2.25. The van der Waals surface area contributed by atoms with Crippen molar-refractivity contribution in [2.75, 3.05) is 6.61 Å². The maximum Gasteiger partial charge on any atom is 0.112 e. The Morgan fingerprint density at radius 3 is 2.30 bits per heavy atom. The summed E-state index contributed by atoms with van der Waals surface area (Å²) in [6, 6.07) is 0. The van der Waals surface area contributed by atoms with Crippen LogP contribution >= 0.6 is 0 Å². The van der Waals surface area contributed by atoms with E-state index in [-0.39, 0.29) is 6.61 Å². The van der Waals surface area contributed by atoms with Gasteiger partial charge in [0.1, 0.15) is 18.3 Å². The van der Waals surface area contributed by atoms with E-state index in [1.807, 2.05) is 0 Å². The number of rotatable bonds is 1. The number of aliphatic hydroxyl groups excluding tert-OH is 3. The Labute approximate surface area is 59.1 Å². The smallest absolute Gasteiger partial charge is 0.112 e. The van der Waals surface area contributed by atoms with Crippen molar-refractivity contribution in [3.8, 4) is 0 Å². The van der Waals surface area contributed by atoms with Gasteiger partial charge in [0.25, 0.3) is 0 Å². The van der Waals surface area contributed by atoms with Crippen LogP contribution < -0.4 is 0 Å². The predicted molar refractivity (Wildman–Crippen MR) is 33.4 cm³/mol. The van der Waals surface area contributed by atoms with Crippen molar-refractivity contribution >= 4 is 0 Å². The Bertz CT molecular complexity index is 114. The minimum Gasteiger partial charge on any atom is -0.391 e. The molecule has 1 heterocycles. The van der Waals surface area contributed by atoms with Gasteiger partial charge in [-0.25, -0.2) is 0 Å². The van der Waals surface area contributed by atoms with Gasteiger partial charge in [-0.2, -0.15) is 0 Å². The summed E-state index contributed by atoms with van der Waals surface area (Å²) >= 11 is 0. The fraction of sp³-hybridized carbons (Fsp3) is 1.00. The zero-order chi connectivity index (χ0) is 7.72. The molecule has 1 saturated heterocycles. The molecular formula is C6H12O4. The predicted octanol–water partition coefficient (Wildman–Crippen LogP) is -1.51. The van der Waals surface area contributed by atoms with Crippen LogP contribution in [0, 0.1) is 0 Å². The highest BCUT2D eigenvalue weighted by Gasteiger charge is 2.37. The van der Waals surface area contributed by atoms with Gasteiger partial charge in [-0.1, -0.05) is 0 Å². The molecule has 4 atom stereocenters. The van der Waals surface area contributed by atoms with E-state index in [9.17, 15) is 0 Å². The van der Waals surface area contributed by atoms with Crippen LogP contribution in [0.1, 0.15) is 6.92 Å². The van der Waals surface area contributed by atoms with E-state index in [1.54, 1.807) is 0 Å². The van der Waals surface area contributed by atoms with Crippen LogP contribution in [-0.2, 0) is 4.74 Å². The average Bonchev–Trinajstić information content (AvgIpc) is 2.14. The zero-order valence-electron chi connectivity index (χ0n) is 5.77. The number of hydrogen-bond acceptors (Lipinski definition) is 4. The molecule has 1 aliphatic heterocycles. The van der Waals surface area contributed by atoms with E-state index in [1.165, 1.54) is 6.92 Å². The number of aliphatic hydroxyl groups is 3. The van der Waals surface area contributed by atoms with E-state index in [0.717, 1.165) is 0 Å². The molecule has 3 N–H and O–H groups in total. The molecule has 0 aliphatic carbocycles. The van der Waals surface area contributed by atoms with Crippen molar-refractivity contribution in [1.29, 1.82) is 0 Å². The zero-order valence-corrected chi connectivity index (χ0v) is 5.77. The van der Waals surface area contributed by atoms with E-state index in [0.29, 0.717) is 0 Å². The molecule has 60 valence electrons. The topological polar surface area (TPSA) is 69.9 Å². The largest absolute Gasteiger partial charge is 0.391 e.